The van der Waals surface area contributed by atoms with Gasteiger partial charge in [0.1, 0.15) is 0 Å². The van der Waals surface area contributed by atoms with Gasteiger partial charge in [-0.05, 0) is 43.5 Å². The first-order valence-corrected chi connectivity index (χ1v) is 12.7. The highest BCUT2D eigenvalue weighted by molar-refractivity contribution is 7.92. The lowest BCUT2D eigenvalue weighted by Crippen LogP contribution is -2.34. The van der Waals surface area contributed by atoms with Gasteiger partial charge in [-0.3, -0.25) is 9.63 Å². The van der Waals surface area contributed by atoms with Crippen molar-refractivity contribution in [2.75, 3.05) is 20.8 Å². The Morgan fingerprint density at radius 2 is 1.62 bits per heavy atom. The van der Waals surface area contributed by atoms with Crippen LogP contribution in [0.3, 0.4) is 0 Å². The van der Waals surface area contributed by atoms with E-state index < -0.39 is 27.0 Å². The maximum absolute atomic E-state index is 13.5. The van der Waals surface area contributed by atoms with Crippen molar-refractivity contribution in [3.05, 3.63) is 78.4 Å². The summed E-state index contributed by atoms with van der Waals surface area (Å²) in [5.41, 5.74) is 0.389. The van der Waals surface area contributed by atoms with Crippen LogP contribution >= 0.6 is 0 Å². The van der Waals surface area contributed by atoms with Gasteiger partial charge < -0.3 is 4.74 Å². The molecule has 2 aromatic rings. The van der Waals surface area contributed by atoms with Gasteiger partial charge in [0.15, 0.2) is 9.84 Å². The van der Waals surface area contributed by atoms with Crippen LogP contribution in [0.5, 0.6) is 0 Å². The molecule has 34 heavy (non-hydrogen) atoms. The first-order chi connectivity index (χ1) is 16.2. The van der Waals surface area contributed by atoms with Gasteiger partial charge in [0.05, 0.1) is 29.4 Å². The summed E-state index contributed by atoms with van der Waals surface area (Å²) >= 11 is 0. The number of nitrogens with zero attached hydrogens (tertiary/aromatic N) is 1. The third-order valence-corrected chi connectivity index (χ3v) is 7.76. The summed E-state index contributed by atoms with van der Waals surface area (Å²) in [6.07, 6.45) is 3.83. The Labute approximate surface area is 202 Å². The molecule has 0 N–H and O–H groups in total. The van der Waals surface area contributed by atoms with Crippen LogP contribution < -0.4 is 0 Å². The predicted molar refractivity (Wildman–Crippen MR) is 131 cm³/mol. The van der Waals surface area contributed by atoms with E-state index >= 15 is 0 Å². The molecule has 0 radical (unpaired) electrons. The van der Waals surface area contributed by atoms with Gasteiger partial charge in [-0.25, -0.2) is 18.3 Å². The lowest BCUT2D eigenvalue weighted by Gasteiger charge is -2.27. The second-order valence-electron chi connectivity index (χ2n) is 8.19. The molecule has 0 saturated carbocycles. The molecule has 2 aromatic carbocycles. The van der Waals surface area contributed by atoms with Crippen LogP contribution in [0.2, 0.25) is 0 Å². The second-order valence-corrected chi connectivity index (χ2v) is 10.3. The normalized spacial score (nSPS) is 14.4. The van der Waals surface area contributed by atoms with Gasteiger partial charge in [0.2, 0.25) is 5.91 Å². The molecule has 8 heteroatoms. The summed E-state index contributed by atoms with van der Waals surface area (Å²) in [6.45, 7) is 3.52. The number of carbonyl (C=O) groups excluding carboxylic acids is 2. The summed E-state index contributed by atoms with van der Waals surface area (Å²) in [4.78, 5) is 30.0. The fourth-order valence-electron chi connectivity index (χ4n) is 3.74. The molecule has 2 rings (SSSR count). The molecule has 0 spiro atoms. The minimum atomic E-state index is -3.77. The Bertz CT molecular complexity index is 1050. The maximum atomic E-state index is 13.5. The second kappa shape index (κ2) is 13.1. The summed E-state index contributed by atoms with van der Waals surface area (Å²) in [7, 11) is -0.838. The maximum Gasteiger partial charge on any atom is 0.338 e. The standard InChI is InChI=1S/C26H33NO6S/c1-5-12-24(34(30,31)23-15-10-7-11-16-23)22(17-20(2)18-25(28)27(3)32-4)19-33-26(29)21-13-8-6-9-14-21/h5-16,20,22,24H,17-19H2,1-4H3/b12-5+/t20-,22?,24?/m1/s1. The van der Waals surface area contributed by atoms with Crippen molar-refractivity contribution in [2.24, 2.45) is 11.8 Å². The van der Waals surface area contributed by atoms with Gasteiger partial charge in [0.25, 0.3) is 0 Å². The SMILES string of the molecule is C/C=C/C(C(COC(=O)c1ccccc1)C[C@@H](C)CC(=O)N(C)OC)S(=O)(=O)c1ccccc1. The molecule has 0 fully saturated rings. The Morgan fingerprint density at radius 3 is 2.18 bits per heavy atom. The molecular formula is C26H33NO6S. The van der Waals surface area contributed by atoms with Crippen molar-refractivity contribution in [3.63, 3.8) is 0 Å². The van der Waals surface area contributed by atoms with Gasteiger partial charge in [-0.15, -0.1) is 0 Å². The van der Waals surface area contributed by atoms with Crippen LogP contribution in [0.15, 0.2) is 77.7 Å². The van der Waals surface area contributed by atoms with Gasteiger partial charge in [-0.1, -0.05) is 55.5 Å². The largest absolute Gasteiger partial charge is 0.462 e. The molecule has 0 heterocycles. The number of ether oxygens (including phenoxy) is 1. The molecule has 7 nitrogen and oxygen atoms in total. The topological polar surface area (TPSA) is 90.0 Å². The summed E-state index contributed by atoms with van der Waals surface area (Å²) in [5.74, 6) is -1.48. The average molecular weight is 488 g/mol. The van der Waals surface area contributed by atoms with Crippen LogP contribution in [-0.2, 0) is 24.2 Å². The zero-order valence-corrected chi connectivity index (χ0v) is 20.9. The van der Waals surface area contributed by atoms with Crippen LogP contribution in [0, 0.1) is 11.8 Å². The van der Waals surface area contributed by atoms with Crippen molar-refractivity contribution in [2.45, 2.75) is 36.8 Å². The highest BCUT2D eigenvalue weighted by Crippen LogP contribution is 2.29. The average Bonchev–Trinajstić information content (AvgIpc) is 2.85. The Morgan fingerprint density at radius 1 is 1.03 bits per heavy atom. The highest BCUT2D eigenvalue weighted by Gasteiger charge is 2.35. The number of rotatable bonds is 12. The smallest absolute Gasteiger partial charge is 0.338 e. The Balaban J connectivity index is 2.32. The van der Waals surface area contributed by atoms with Crippen LogP contribution in [-0.4, -0.2) is 51.4 Å². The van der Waals surface area contributed by atoms with Crippen LogP contribution in [0.1, 0.15) is 37.0 Å². The highest BCUT2D eigenvalue weighted by atomic mass is 32.2. The number of esters is 1. The predicted octanol–water partition coefficient (Wildman–Crippen LogP) is 4.31. The first kappa shape index (κ1) is 27.3. The zero-order chi connectivity index (χ0) is 25.1. The third-order valence-electron chi connectivity index (χ3n) is 5.57. The molecule has 3 atom stereocenters. The molecular weight excluding hydrogens is 454 g/mol. The number of sulfone groups is 1. The molecule has 0 aliphatic heterocycles. The van der Waals surface area contributed by atoms with Crippen molar-refractivity contribution < 1.29 is 27.6 Å². The number of hydrogen-bond acceptors (Lipinski definition) is 6. The summed E-state index contributed by atoms with van der Waals surface area (Å²) in [6, 6.07) is 16.8. The molecule has 0 saturated heterocycles. The van der Waals surface area contributed by atoms with E-state index in [1.165, 1.54) is 14.2 Å². The van der Waals surface area contributed by atoms with E-state index in [0.29, 0.717) is 12.0 Å². The Hall–Kier alpha value is -2.97. The lowest BCUT2D eigenvalue weighted by atomic mass is 9.91. The monoisotopic (exact) mass is 487 g/mol. The van der Waals surface area contributed by atoms with E-state index in [0.717, 1.165) is 5.06 Å². The van der Waals surface area contributed by atoms with E-state index in [4.69, 9.17) is 9.57 Å². The van der Waals surface area contributed by atoms with E-state index in [1.807, 2.05) is 6.92 Å². The molecule has 184 valence electrons. The molecule has 0 aliphatic carbocycles. The number of amides is 1. The van der Waals surface area contributed by atoms with Gasteiger partial charge in [-0.2, -0.15) is 0 Å². The summed E-state index contributed by atoms with van der Waals surface area (Å²) < 4.78 is 32.7. The summed E-state index contributed by atoms with van der Waals surface area (Å²) in [5, 5.41) is 0.214. The lowest BCUT2D eigenvalue weighted by molar-refractivity contribution is -0.169. The molecule has 0 bridgehead atoms. The van der Waals surface area contributed by atoms with E-state index in [1.54, 1.807) is 79.7 Å². The number of hydrogen-bond donors (Lipinski definition) is 0. The first-order valence-electron chi connectivity index (χ1n) is 11.1. The fraction of sp³-hybridized carbons (Fsp3) is 0.385. The van der Waals surface area contributed by atoms with Gasteiger partial charge in [0, 0.05) is 19.4 Å². The number of hydroxylamine groups is 2. The molecule has 0 aliphatic rings. The van der Waals surface area contributed by atoms with E-state index in [9.17, 15) is 18.0 Å². The van der Waals surface area contributed by atoms with E-state index in [-0.39, 0.29) is 29.7 Å². The fourth-order valence-corrected chi connectivity index (χ4v) is 5.65. The van der Waals surface area contributed by atoms with Gasteiger partial charge >= 0.3 is 5.97 Å². The minimum absolute atomic E-state index is 0.104. The Kier molecular flexibility index (Phi) is 10.5. The quantitative estimate of drug-likeness (QED) is 0.252. The number of carbonyl (C=O) groups is 2. The number of allylic oxidation sites excluding steroid dienone is 1. The van der Waals surface area contributed by atoms with Crippen LogP contribution in [0.4, 0.5) is 0 Å². The molecule has 0 aromatic heterocycles. The molecule has 2 unspecified atom stereocenters. The van der Waals surface area contributed by atoms with E-state index in [2.05, 4.69) is 0 Å². The van der Waals surface area contributed by atoms with Crippen molar-refractivity contribution in [1.29, 1.82) is 0 Å². The zero-order valence-electron chi connectivity index (χ0n) is 20.1. The van der Waals surface area contributed by atoms with Crippen molar-refractivity contribution in [3.8, 4) is 0 Å². The van der Waals surface area contributed by atoms with Crippen molar-refractivity contribution >= 4 is 21.7 Å². The van der Waals surface area contributed by atoms with Crippen molar-refractivity contribution in [1.82, 2.24) is 5.06 Å². The number of benzene rings is 2. The van der Waals surface area contributed by atoms with Crippen LogP contribution in [0.25, 0.3) is 0 Å². The third kappa shape index (κ3) is 7.53. The molecule has 1 amide bonds. The minimum Gasteiger partial charge on any atom is -0.462 e.